The Morgan fingerprint density at radius 1 is 1.39 bits per heavy atom. The van der Waals surface area contributed by atoms with E-state index in [4.69, 9.17) is 11.6 Å². The molecular formula is C17H24ClN3O2. The first-order valence-electron chi connectivity index (χ1n) is 8.26. The lowest BCUT2D eigenvalue weighted by atomic mass is 9.97. The number of nitrogens with zero attached hydrogens (tertiary/aromatic N) is 1. The Kier molecular flexibility index (Phi) is 4.69. The van der Waals surface area contributed by atoms with Crippen molar-refractivity contribution >= 4 is 29.0 Å². The van der Waals surface area contributed by atoms with Crippen LogP contribution in [0.5, 0.6) is 0 Å². The molecule has 0 spiro atoms. The zero-order valence-corrected chi connectivity index (χ0v) is 14.2. The van der Waals surface area contributed by atoms with Crippen LogP contribution in [0.3, 0.4) is 0 Å². The summed E-state index contributed by atoms with van der Waals surface area (Å²) in [6, 6.07) is 5.29. The maximum Gasteiger partial charge on any atom is 0.319 e. The number of hydrogen-bond acceptors (Lipinski definition) is 3. The number of anilines is 2. The molecule has 0 bridgehead atoms. The van der Waals surface area contributed by atoms with Crippen molar-refractivity contribution in [2.24, 2.45) is 5.92 Å². The average Bonchev–Trinajstić information content (AvgIpc) is 3.24. The van der Waals surface area contributed by atoms with Crippen LogP contribution in [0.25, 0.3) is 0 Å². The van der Waals surface area contributed by atoms with E-state index < -0.39 is 5.54 Å². The number of aliphatic hydroxyl groups is 1. The van der Waals surface area contributed by atoms with Crippen molar-refractivity contribution in [3.63, 3.8) is 0 Å². The number of halogens is 1. The van der Waals surface area contributed by atoms with Crippen LogP contribution in [0.2, 0.25) is 5.02 Å². The molecule has 1 heterocycles. The van der Waals surface area contributed by atoms with Gasteiger partial charge in [0.25, 0.3) is 0 Å². The van der Waals surface area contributed by atoms with Gasteiger partial charge in [-0.2, -0.15) is 0 Å². The average molecular weight is 338 g/mol. The first-order valence-corrected chi connectivity index (χ1v) is 8.64. The lowest BCUT2D eigenvalue weighted by molar-refractivity contribution is 0.159. The number of hydrogen-bond donors (Lipinski definition) is 3. The molecule has 1 saturated carbocycles. The van der Waals surface area contributed by atoms with Crippen molar-refractivity contribution in [3.05, 3.63) is 23.2 Å². The molecule has 2 aliphatic rings. The minimum absolute atomic E-state index is 0.0558. The standard InChI is InChI=1S/C17H24ClN3O2/c1-17(11-22,12-4-5-12)20-16(23)19-13-6-7-15(14(18)10-13)21-8-2-3-9-21/h6-7,10,12,22H,2-5,8-9,11H2,1H3,(H2,19,20,23). The number of nitrogens with one attached hydrogen (secondary N) is 2. The molecule has 1 aliphatic heterocycles. The number of rotatable bonds is 5. The van der Waals surface area contributed by atoms with E-state index in [1.807, 2.05) is 19.1 Å². The predicted molar refractivity (Wildman–Crippen MR) is 93.3 cm³/mol. The van der Waals surface area contributed by atoms with Crippen molar-refractivity contribution in [2.75, 3.05) is 29.9 Å². The number of benzene rings is 1. The Morgan fingerprint density at radius 2 is 2.09 bits per heavy atom. The molecule has 0 radical (unpaired) electrons. The van der Waals surface area contributed by atoms with Crippen molar-refractivity contribution in [1.29, 1.82) is 0 Å². The Bertz CT molecular complexity index is 585. The third-order valence-electron chi connectivity index (χ3n) is 4.86. The molecule has 0 aromatic heterocycles. The highest BCUT2D eigenvalue weighted by Crippen LogP contribution is 2.39. The van der Waals surface area contributed by atoms with Gasteiger partial charge in [0.1, 0.15) is 0 Å². The van der Waals surface area contributed by atoms with Gasteiger partial charge in [0.2, 0.25) is 0 Å². The van der Waals surface area contributed by atoms with Crippen LogP contribution < -0.4 is 15.5 Å². The topological polar surface area (TPSA) is 64.6 Å². The summed E-state index contributed by atoms with van der Waals surface area (Å²) >= 11 is 6.36. The van der Waals surface area contributed by atoms with Crippen molar-refractivity contribution in [3.8, 4) is 0 Å². The zero-order valence-electron chi connectivity index (χ0n) is 13.4. The van der Waals surface area contributed by atoms with Crippen LogP contribution in [0, 0.1) is 5.92 Å². The fraction of sp³-hybridized carbons (Fsp3) is 0.588. The van der Waals surface area contributed by atoms with E-state index in [1.165, 1.54) is 12.8 Å². The summed E-state index contributed by atoms with van der Waals surface area (Å²) in [4.78, 5) is 14.5. The van der Waals surface area contributed by atoms with Gasteiger partial charge in [-0.15, -0.1) is 0 Å². The van der Waals surface area contributed by atoms with E-state index in [-0.39, 0.29) is 12.6 Å². The van der Waals surface area contributed by atoms with E-state index in [1.54, 1.807) is 6.07 Å². The van der Waals surface area contributed by atoms with Gasteiger partial charge in [0, 0.05) is 18.8 Å². The van der Waals surface area contributed by atoms with Gasteiger partial charge in [-0.25, -0.2) is 4.79 Å². The molecule has 3 N–H and O–H groups in total. The summed E-state index contributed by atoms with van der Waals surface area (Å²) in [6.07, 6.45) is 4.49. The first-order chi connectivity index (χ1) is 11.0. The second-order valence-corrected chi connectivity index (χ2v) is 7.20. The monoisotopic (exact) mass is 337 g/mol. The highest BCUT2D eigenvalue weighted by Gasteiger charge is 2.42. The molecular weight excluding hydrogens is 314 g/mol. The second-order valence-electron chi connectivity index (χ2n) is 6.79. The summed E-state index contributed by atoms with van der Waals surface area (Å²) in [5.41, 5.74) is 1.13. The van der Waals surface area contributed by atoms with E-state index >= 15 is 0 Å². The molecule has 5 nitrogen and oxygen atoms in total. The van der Waals surface area contributed by atoms with E-state index in [9.17, 15) is 9.90 Å². The van der Waals surface area contributed by atoms with Crippen LogP contribution in [0.4, 0.5) is 16.2 Å². The lowest BCUT2D eigenvalue weighted by Gasteiger charge is -2.28. The summed E-state index contributed by atoms with van der Waals surface area (Å²) < 4.78 is 0. The number of carbonyl (C=O) groups is 1. The Morgan fingerprint density at radius 3 is 2.65 bits per heavy atom. The maximum absolute atomic E-state index is 12.2. The maximum atomic E-state index is 12.2. The second kappa shape index (κ2) is 6.57. The minimum Gasteiger partial charge on any atom is -0.394 e. The smallest absolute Gasteiger partial charge is 0.319 e. The van der Waals surface area contributed by atoms with Crippen molar-refractivity contribution < 1.29 is 9.90 Å². The SMILES string of the molecule is CC(CO)(NC(=O)Nc1ccc(N2CCCC2)c(Cl)c1)C1CC1. The van der Waals surface area contributed by atoms with Crippen LogP contribution in [0.1, 0.15) is 32.6 Å². The molecule has 1 atom stereocenters. The molecule has 1 aliphatic carbocycles. The van der Waals surface area contributed by atoms with Crippen LogP contribution in [-0.4, -0.2) is 36.4 Å². The summed E-state index contributed by atoms with van der Waals surface area (Å²) in [5, 5.41) is 15.9. The van der Waals surface area contributed by atoms with E-state index in [0.29, 0.717) is 16.6 Å². The first kappa shape index (κ1) is 16.4. The molecule has 1 aromatic carbocycles. The number of carbonyl (C=O) groups excluding carboxylic acids is 1. The van der Waals surface area contributed by atoms with Gasteiger partial charge >= 0.3 is 6.03 Å². The van der Waals surface area contributed by atoms with Crippen LogP contribution in [-0.2, 0) is 0 Å². The van der Waals surface area contributed by atoms with Crippen LogP contribution >= 0.6 is 11.6 Å². The molecule has 2 amide bonds. The summed E-state index contributed by atoms with van der Waals surface area (Å²) in [7, 11) is 0. The third-order valence-corrected chi connectivity index (χ3v) is 5.16. The molecule has 126 valence electrons. The van der Waals surface area contributed by atoms with Gasteiger partial charge in [-0.3, -0.25) is 0 Å². The van der Waals surface area contributed by atoms with Crippen molar-refractivity contribution in [2.45, 2.75) is 38.1 Å². The van der Waals surface area contributed by atoms with E-state index in [2.05, 4.69) is 15.5 Å². The zero-order chi connectivity index (χ0) is 16.4. The van der Waals surface area contributed by atoms with Crippen LogP contribution in [0.15, 0.2) is 18.2 Å². The third kappa shape index (κ3) is 3.72. The Hall–Kier alpha value is -1.46. The lowest BCUT2D eigenvalue weighted by Crippen LogP contribution is -2.52. The fourth-order valence-corrected chi connectivity index (χ4v) is 3.51. The van der Waals surface area contributed by atoms with Gasteiger partial charge in [0.15, 0.2) is 0 Å². The number of aliphatic hydroxyl groups excluding tert-OH is 1. The van der Waals surface area contributed by atoms with E-state index in [0.717, 1.165) is 31.6 Å². The van der Waals surface area contributed by atoms with Crippen molar-refractivity contribution in [1.82, 2.24) is 5.32 Å². The summed E-state index contributed by atoms with van der Waals surface area (Å²) in [6.45, 7) is 3.89. The quantitative estimate of drug-likeness (QED) is 0.773. The molecule has 1 aromatic rings. The van der Waals surface area contributed by atoms with Gasteiger partial charge in [-0.1, -0.05) is 11.6 Å². The number of amides is 2. The molecule has 1 saturated heterocycles. The molecule has 1 unspecified atom stereocenters. The largest absolute Gasteiger partial charge is 0.394 e. The highest BCUT2D eigenvalue weighted by atomic mass is 35.5. The highest BCUT2D eigenvalue weighted by molar-refractivity contribution is 6.33. The van der Waals surface area contributed by atoms with Gasteiger partial charge < -0.3 is 20.6 Å². The molecule has 6 heteroatoms. The van der Waals surface area contributed by atoms with Gasteiger partial charge in [0.05, 0.1) is 22.9 Å². The van der Waals surface area contributed by atoms with Gasteiger partial charge in [-0.05, 0) is 56.7 Å². The number of urea groups is 1. The predicted octanol–water partition coefficient (Wildman–Crippen LogP) is 3.22. The molecule has 3 rings (SSSR count). The normalized spacial score (nSPS) is 20.2. The molecule has 2 fully saturated rings. The summed E-state index contributed by atoms with van der Waals surface area (Å²) in [5.74, 6) is 0.361. The Balaban J connectivity index is 1.63. The minimum atomic E-state index is -0.552. The fourth-order valence-electron chi connectivity index (χ4n) is 3.21. The molecule has 23 heavy (non-hydrogen) atoms. The Labute approximate surface area is 142 Å².